The van der Waals surface area contributed by atoms with Crippen molar-refractivity contribution in [2.75, 3.05) is 0 Å². The number of rotatable bonds is 2. The van der Waals surface area contributed by atoms with E-state index in [0.717, 1.165) is 25.0 Å². The summed E-state index contributed by atoms with van der Waals surface area (Å²) >= 11 is 2.03. The third-order valence-electron chi connectivity index (χ3n) is 3.55. The Morgan fingerprint density at radius 3 is 1.94 bits per heavy atom. The number of hydrogen-bond donors (Lipinski definition) is 2. The normalized spacial score (nSPS) is 9.84. The van der Waals surface area contributed by atoms with Crippen LogP contribution in [0.25, 0.3) is 11.1 Å². The summed E-state index contributed by atoms with van der Waals surface area (Å²) in [5.74, 6) is -1.96. The van der Waals surface area contributed by atoms with Gasteiger partial charge in [0.25, 0.3) is 0 Å². The Hall–Kier alpha value is -2.73. The van der Waals surface area contributed by atoms with Crippen LogP contribution in [-0.2, 0) is 35.2 Å². The van der Waals surface area contributed by atoms with E-state index in [4.69, 9.17) is 10.2 Å². The average Bonchev–Trinajstić information content (AvgIpc) is 3.47. The molecule has 2 aromatic rings. The van der Waals surface area contributed by atoms with E-state index in [9.17, 15) is 9.59 Å². The first-order valence-corrected chi connectivity index (χ1v) is 12.9. The molecule has 0 fully saturated rings. The molecule has 2 aromatic carbocycles. The van der Waals surface area contributed by atoms with Gasteiger partial charge in [-0.2, -0.15) is 35.9 Å². The molecule has 0 aliphatic heterocycles. The van der Waals surface area contributed by atoms with Crippen LogP contribution in [0.1, 0.15) is 17.5 Å². The molecule has 6 heteroatoms. The predicted molar refractivity (Wildman–Crippen MR) is 132 cm³/mol. The smallest absolute Gasteiger partial charge is 0.0253 e. The number of allylic oxidation sites excluding steroid dienone is 4. The van der Waals surface area contributed by atoms with E-state index in [1.807, 2.05) is 45.0 Å². The third kappa shape index (κ3) is 14.3. The standard InChI is InChI=1S/C13H9.C5H5.2C3H4O2.2CH3.H2Si.Ti/c1-3-7-12-10(5-1)9-11-6-2-4-8-13(11)12;1-2-4-5-3-1;2*1-2-3(4)5;;;;/h1-5,7-8H,9H2;1-3H,4H2;2*2H,1H2,(H,4,5);2*1H3;1H2;/q2*-1;;;2*-1;;. The maximum atomic E-state index is 9.25. The Morgan fingerprint density at radius 2 is 1.50 bits per heavy atom. The minimum Gasteiger partial charge on any atom is -0.179 e. The predicted octanol–water partition coefficient (Wildman–Crippen LogP) is 4.86. The molecule has 0 unspecified atom stereocenters. The van der Waals surface area contributed by atoms with Gasteiger partial charge < -0.3 is 25.1 Å². The molecule has 0 saturated heterocycles. The topological polar surface area (TPSA) is 74.6 Å². The molecule has 0 spiro atoms. The second kappa shape index (κ2) is 21.5. The minimum absolute atomic E-state index is 0. The Balaban J connectivity index is -0.000000378. The zero-order valence-electron chi connectivity index (χ0n) is 18.7. The summed E-state index contributed by atoms with van der Waals surface area (Å²) in [5.41, 5.74) is 5.51. The molecule has 2 aliphatic rings. The van der Waals surface area contributed by atoms with E-state index in [1.165, 1.54) is 22.3 Å². The van der Waals surface area contributed by atoms with Crippen molar-refractivity contribution in [3.63, 3.8) is 0 Å². The number of carbonyl (C=O) groups is 2. The number of benzene rings is 2. The Labute approximate surface area is 206 Å². The summed E-state index contributed by atoms with van der Waals surface area (Å²) < 4.78 is 0. The van der Waals surface area contributed by atoms with Crippen LogP contribution in [0.15, 0.2) is 86.0 Å². The van der Waals surface area contributed by atoms with Crippen molar-refractivity contribution in [1.82, 2.24) is 0 Å². The van der Waals surface area contributed by atoms with E-state index in [-0.39, 0.29) is 14.9 Å². The molecular formula is C26H30O4SiTi-4. The molecular weight excluding hydrogens is 452 g/mol. The van der Waals surface area contributed by atoms with Crippen LogP contribution in [0.3, 0.4) is 0 Å². The Kier molecular flexibility index (Phi) is 22.8. The van der Waals surface area contributed by atoms with Crippen LogP contribution in [0.5, 0.6) is 0 Å². The number of aliphatic carboxylic acids is 2. The summed E-state index contributed by atoms with van der Waals surface area (Å²) in [7, 11) is 1.86. The van der Waals surface area contributed by atoms with Crippen molar-refractivity contribution in [3.8, 4) is 11.1 Å². The van der Waals surface area contributed by atoms with E-state index in [2.05, 4.69) is 67.8 Å². The molecule has 2 N–H and O–H groups in total. The van der Waals surface area contributed by atoms with Gasteiger partial charge in [0.2, 0.25) is 0 Å². The summed E-state index contributed by atoms with van der Waals surface area (Å²) in [4.78, 5) is 18.5. The summed E-state index contributed by atoms with van der Waals surface area (Å²) in [6.45, 7) is 5.92. The molecule has 4 rings (SSSR count). The Morgan fingerprint density at radius 1 is 0.969 bits per heavy atom. The van der Waals surface area contributed by atoms with E-state index in [1.54, 1.807) is 0 Å². The molecule has 0 aromatic heterocycles. The number of carboxylic acid groups (broad SMARTS) is 2. The summed E-state index contributed by atoms with van der Waals surface area (Å²) in [6, 6.07) is 18.1. The molecule has 0 atom stereocenters. The quantitative estimate of drug-likeness (QED) is 0.311. The van der Waals surface area contributed by atoms with Crippen LogP contribution >= 0.6 is 0 Å². The monoisotopic (exact) mass is 482 g/mol. The van der Waals surface area contributed by atoms with Gasteiger partial charge in [-0.15, -0.1) is 12.0 Å². The van der Waals surface area contributed by atoms with Gasteiger partial charge in [0, 0.05) is 12.2 Å². The number of carboxylic acids is 2. The van der Waals surface area contributed by atoms with Gasteiger partial charge in [-0.05, 0) is 6.42 Å². The maximum absolute atomic E-state index is 9.25. The minimum atomic E-state index is -0.981. The van der Waals surface area contributed by atoms with Crippen molar-refractivity contribution in [3.05, 3.63) is 124 Å². The van der Waals surface area contributed by atoms with Crippen molar-refractivity contribution in [1.29, 1.82) is 0 Å². The molecule has 0 radical (unpaired) electrons. The van der Waals surface area contributed by atoms with Gasteiger partial charge in [0.1, 0.15) is 0 Å². The van der Waals surface area contributed by atoms with Gasteiger partial charge >= 0.3 is 38.7 Å². The first kappa shape index (κ1) is 33.9. The zero-order chi connectivity index (χ0) is 22.8. The van der Waals surface area contributed by atoms with Gasteiger partial charge in [-0.25, -0.2) is 21.7 Å². The van der Waals surface area contributed by atoms with Crippen molar-refractivity contribution >= 4 is 19.6 Å². The first-order chi connectivity index (χ1) is 14.5. The average molecular weight is 482 g/mol. The van der Waals surface area contributed by atoms with Gasteiger partial charge in [-0.3, -0.25) is 6.08 Å². The fourth-order valence-corrected chi connectivity index (χ4v) is 2.34. The summed E-state index contributed by atoms with van der Waals surface area (Å²) in [5, 5.41) is 15.2. The van der Waals surface area contributed by atoms with Crippen molar-refractivity contribution < 1.29 is 39.0 Å². The van der Waals surface area contributed by atoms with Gasteiger partial charge in [-0.1, -0.05) is 48.6 Å². The third-order valence-corrected chi connectivity index (χ3v) is 3.55. The van der Waals surface area contributed by atoms with Gasteiger partial charge in [0.05, 0.1) is 0 Å². The number of hydrogen-bond acceptors (Lipinski definition) is 2. The molecule has 0 amide bonds. The molecule has 4 nitrogen and oxygen atoms in total. The fourth-order valence-electron chi connectivity index (χ4n) is 2.34. The maximum Gasteiger partial charge on any atom is -0.0253 e. The molecule has 32 heavy (non-hydrogen) atoms. The van der Waals surface area contributed by atoms with Crippen LogP contribution in [0.2, 0.25) is 0 Å². The van der Waals surface area contributed by atoms with Crippen LogP contribution in [-0.4, -0.2) is 29.8 Å². The second-order valence-corrected chi connectivity index (χ2v) is 5.48. The SMILES string of the molecule is C=CC(=O)O.C=CC(=O)O.[C-]1=CC=CC1.[CH3-].[CH3-].[SiH2]=[Ti].[c-]1cccc2c1Cc1ccccc1-2. The molecule has 2 aliphatic carbocycles. The van der Waals surface area contributed by atoms with E-state index >= 15 is 0 Å². The molecule has 0 saturated carbocycles. The van der Waals surface area contributed by atoms with Crippen molar-refractivity contribution in [2.24, 2.45) is 0 Å². The van der Waals surface area contributed by atoms with Gasteiger partial charge in [0.15, 0.2) is 0 Å². The molecule has 0 bridgehead atoms. The van der Waals surface area contributed by atoms with Crippen molar-refractivity contribution in [2.45, 2.75) is 12.8 Å². The molecule has 170 valence electrons. The summed E-state index contributed by atoms with van der Waals surface area (Å²) in [6.07, 6.45) is 12.7. The van der Waals surface area contributed by atoms with Crippen LogP contribution in [0, 0.1) is 27.0 Å². The van der Waals surface area contributed by atoms with E-state index < -0.39 is 11.9 Å². The largest absolute Gasteiger partial charge is 0.179 e. The van der Waals surface area contributed by atoms with Crippen LogP contribution in [0.4, 0.5) is 0 Å². The fraction of sp³-hybridized carbons (Fsp3) is 0.0769. The second-order valence-electron chi connectivity index (χ2n) is 5.48. The zero-order valence-corrected chi connectivity index (χ0v) is 21.7. The Bertz CT molecular complexity index is 833. The first-order valence-electron chi connectivity index (χ1n) is 8.85. The van der Waals surface area contributed by atoms with E-state index in [0.29, 0.717) is 0 Å². The molecule has 0 heterocycles. The van der Waals surface area contributed by atoms with Crippen LogP contribution < -0.4 is 0 Å². The number of fused-ring (bicyclic) bond motifs is 3.